The van der Waals surface area contributed by atoms with Gasteiger partial charge in [0, 0.05) is 30.4 Å². The number of H-pyrrole nitrogens is 1. The van der Waals surface area contributed by atoms with Crippen LogP contribution in [0.15, 0.2) is 35.3 Å². The molecule has 1 aliphatic carbocycles. The molecule has 2 heterocycles. The van der Waals surface area contributed by atoms with Crippen molar-refractivity contribution in [1.29, 1.82) is 5.26 Å². The fourth-order valence-corrected chi connectivity index (χ4v) is 2.94. The van der Waals surface area contributed by atoms with Gasteiger partial charge in [-0.05, 0) is 31.7 Å². The summed E-state index contributed by atoms with van der Waals surface area (Å²) in [5.41, 5.74) is 0.0862. The Bertz CT molecular complexity index is 877. The number of nitriles is 1. The first-order valence-corrected chi connectivity index (χ1v) is 8.30. The van der Waals surface area contributed by atoms with Gasteiger partial charge in [0.25, 0.3) is 11.5 Å². The van der Waals surface area contributed by atoms with Crippen molar-refractivity contribution in [1.82, 2.24) is 15.3 Å². The molecule has 0 unspecified atom stereocenters. The van der Waals surface area contributed by atoms with Gasteiger partial charge in [-0.2, -0.15) is 5.26 Å². The lowest BCUT2D eigenvalue weighted by Gasteiger charge is -2.29. The van der Waals surface area contributed by atoms with E-state index in [1.165, 1.54) is 12.3 Å². The lowest BCUT2D eigenvalue weighted by molar-refractivity contribution is 0.0889. The molecule has 0 atom stereocenters. The van der Waals surface area contributed by atoms with Gasteiger partial charge in [0.1, 0.15) is 12.2 Å². The number of aromatic nitrogens is 2. The SMILES string of the molecule is N#Cc1ccc(OC2CCC(NC(=O)c3cc(O)[nH]c(=O)c3)CC2)nc1. The Balaban J connectivity index is 1.51. The minimum Gasteiger partial charge on any atom is -0.494 e. The highest BCUT2D eigenvalue weighted by Gasteiger charge is 2.24. The van der Waals surface area contributed by atoms with Gasteiger partial charge in [0.2, 0.25) is 5.88 Å². The summed E-state index contributed by atoms with van der Waals surface area (Å²) in [5.74, 6) is -0.241. The van der Waals surface area contributed by atoms with Gasteiger partial charge < -0.3 is 15.2 Å². The first-order valence-electron chi connectivity index (χ1n) is 8.30. The van der Waals surface area contributed by atoms with Crippen LogP contribution in [0.5, 0.6) is 11.8 Å². The van der Waals surface area contributed by atoms with E-state index in [-0.39, 0.29) is 29.5 Å². The monoisotopic (exact) mass is 354 g/mol. The van der Waals surface area contributed by atoms with E-state index in [0.29, 0.717) is 11.4 Å². The van der Waals surface area contributed by atoms with Crippen LogP contribution in [0, 0.1) is 11.3 Å². The second kappa shape index (κ2) is 7.70. The molecule has 0 saturated heterocycles. The number of carbonyl (C=O) groups excluding carboxylic acids is 1. The average molecular weight is 354 g/mol. The van der Waals surface area contributed by atoms with Gasteiger partial charge in [-0.25, -0.2) is 4.98 Å². The number of carbonyl (C=O) groups is 1. The summed E-state index contributed by atoms with van der Waals surface area (Å²) < 4.78 is 5.81. The molecule has 1 fully saturated rings. The van der Waals surface area contributed by atoms with E-state index < -0.39 is 5.56 Å². The van der Waals surface area contributed by atoms with Crippen LogP contribution in [-0.2, 0) is 0 Å². The second-order valence-electron chi connectivity index (χ2n) is 6.18. The molecule has 0 bridgehead atoms. The number of aromatic amines is 1. The van der Waals surface area contributed by atoms with Crippen LogP contribution < -0.4 is 15.6 Å². The molecule has 3 N–H and O–H groups in total. The highest BCUT2D eigenvalue weighted by molar-refractivity contribution is 5.94. The van der Waals surface area contributed by atoms with E-state index in [1.807, 2.05) is 6.07 Å². The first-order chi connectivity index (χ1) is 12.5. The molecule has 3 rings (SSSR count). The maximum Gasteiger partial charge on any atom is 0.251 e. The number of aromatic hydroxyl groups is 1. The molecule has 1 aliphatic rings. The van der Waals surface area contributed by atoms with Crippen molar-refractivity contribution in [3.8, 4) is 17.8 Å². The molecule has 2 aromatic rings. The lowest BCUT2D eigenvalue weighted by atomic mass is 9.92. The number of hydrogen-bond acceptors (Lipinski definition) is 6. The fraction of sp³-hybridized carbons (Fsp3) is 0.333. The number of nitrogens with zero attached hydrogens (tertiary/aromatic N) is 2. The van der Waals surface area contributed by atoms with E-state index in [4.69, 9.17) is 10.00 Å². The van der Waals surface area contributed by atoms with Crippen LogP contribution in [0.25, 0.3) is 0 Å². The number of amides is 1. The van der Waals surface area contributed by atoms with Crippen LogP contribution in [0.3, 0.4) is 0 Å². The smallest absolute Gasteiger partial charge is 0.251 e. The maximum absolute atomic E-state index is 12.2. The molecule has 0 aliphatic heterocycles. The molecule has 8 heteroatoms. The fourth-order valence-electron chi connectivity index (χ4n) is 2.94. The molecular formula is C18H18N4O4. The summed E-state index contributed by atoms with van der Waals surface area (Å²) in [4.78, 5) is 29.8. The van der Waals surface area contributed by atoms with Crippen molar-refractivity contribution < 1.29 is 14.6 Å². The molecule has 1 amide bonds. The van der Waals surface area contributed by atoms with Crippen molar-refractivity contribution in [2.24, 2.45) is 0 Å². The molecule has 0 spiro atoms. The van der Waals surface area contributed by atoms with Gasteiger partial charge >= 0.3 is 0 Å². The zero-order chi connectivity index (χ0) is 18.5. The Labute approximate surface area is 149 Å². The second-order valence-corrected chi connectivity index (χ2v) is 6.18. The lowest BCUT2D eigenvalue weighted by Crippen LogP contribution is -2.40. The average Bonchev–Trinajstić information content (AvgIpc) is 2.63. The maximum atomic E-state index is 12.2. The summed E-state index contributed by atoms with van der Waals surface area (Å²) >= 11 is 0. The highest BCUT2D eigenvalue weighted by Crippen LogP contribution is 2.23. The number of ether oxygens (including phenoxy) is 1. The molecule has 0 radical (unpaired) electrons. The van der Waals surface area contributed by atoms with E-state index in [9.17, 15) is 14.7 Å². The van der Waals surface area contributed by atoms with Crippen LogP contribution in [-0.4, -0.2) is 33.1 Å². The first kappa shape index (κ1) is 17.5. The summed E-state index contributed by atoms with van der Waals surface area (Å²) in [6.45, 7) is 0. The summed E-state index contributed by atoms with van der Waals surface area (Å²) in [5, 5.41) is 21.0. The van der Waals surface area contributed by atoms with Gasteiger partial charge in [0.05, 0.1) is 11.1 Å². The molecule has 1 saturated carbocycles. The van der Waals surface area contributed by atoms with Gasteiger partial charge in [-0.15, -0.1) is 0 Å². The standard InChI is InChI=1S/C18H18N4O4/c19-9-11-1-6-17(20-10-11)26-14-4-2-13(3-5-14)21-18(25)12-7-15(23)22-16(24)8-12/h1,6-8,10,13-14H,2-5H2,(H,21,25)(H2,22,23,24). The highest BCUT2D eigenvalue weighted by atomic mass is 16.5. The Kier molecular flexibility index (Phi) is 5.17. The van der Waals surface area contributed by atoms with Crippen molar-refractivity contribution in [2.75, 3.05) is 0 Å². The van der Waals surface area contributed by atoms with Crippen molar-refractivity contribution in [2.45, 2.75) is 37.8 Å². The normalized spacial score (nSPS) is 19.3. The van der Waals surface area contributed by atoms with Crippen LogP contribution in [0.2, 0.25) is 0 Å². The zero-order valence-electron chi connectivity index (χ0n) is 13.9. The summed E-state index contributed by atoms with van der Waals surface area (Å²) in [6.07, 6.45) is 4.47. The number of pyridine rings is 2. The van der Waals surface area contributed by atoms with Crippen molar-refractivity contribution in [3.63, 3.8) is 0 Å². The summed E-state index contributed by atoms with van der Waals surface area (Å²) in [7, 11) is 0. The minimum atomic E-state index is -0.526. The quantitative estimate of drug-likeness (QED) is 0.763. The third-order valence-electron chi connectivity index (χ3n) is 4.25. The topological polar surface area (TPSA) is 128 Å². The molecule has 0 aromatic carbocycles. The number of hydrogen-bond donors (Lipinski definition) is 3. The molecule has 8 nitrogen and oxygen atoms in total. The Morgan fingerprint density at radius 1 is 1.31 bits per heavy atom. The van der Waals surface area contributed by atoms with Crippen molar-refractivity contribution in [3.05, 3.63) is 51.9 Å². The Hall–Kier alpha value is -3.34. The molecule has 26 heavy (non-hydrogen) atoms. The van der Waals surface area contributed by atoms with Crippen LogP contribution in [0.4, 0.5) is 0 Å². The summed E-state index contributed by atoms with van der Waals surface area (Å²) in [6, 6.07) is 7.70. The van der Waals surface area contributed by atoms with E-state index in [1.54, 1.807) is 12.1 Å². The Morgan fingerprint density at radius 3 is 2.69 bits per heavy atom. The third-order valence-corrected chi connectivity index (χ3v) is 4.25. The van der Waals surface area contributed by atoms with E-state index >= 15 is 0 Å². The molecule has 2 aromatic heterocycles. The predicted molar refractivity (Wildman–Crippen MR) is 91.8 cm³/mol. The molecular weight excluding hydrogens is 336 g/mol. The van der Waals surface area contributed by atoms with Gasteiger partial charge in [-0.3, -0.25) is 14.6 Å². The van der Waals surface area contributed by atoms with Crippen LogP contribution >= 0.6 is 0 Å². The van der Waals surface area contributed by atoms with E-state index in [2.05, 4.69) is 15.3 Å². The number of rotatable bonds is 4. The zero-order valence-corrected chi connectivity index (χ0v) is 13.9. The predicted octanol–water partition coefficient (Wildman–Crippen LogP) is 1.47. The largest absolute Gasteiger partial charge is 0.494 e. The van der Waals surface area contributed by atoms with Gasteiger partial charge in [-0.1, -0.05) is 0 Å². The van der Waals surface area contributed by atoms with Crippen molar-refractivity contribution >= 4 is 5.91 Å². The number of nitrogens with one attached hydrogen (secondary N) is 2. The Morgan fingerprint density at radius 2 is 2.08 bits per heavy atom. The van der Waals surface area contributed by atoms with E-state index in [0.717, 1.165) is 31.7 Å². The third kappa shape index (κ3) is 4.39. The van der Waals surface area contributed by atoms with Gasteiger partial charge in [0.15, 0.2) is 5.88 Å². The minimum absolute atomic E-state index is 0.00667. The van der Waals surface area contributed by atoms with Crippen LogP contribution in [0.1, 0.15) is 41.6 Å². The molecule has 134 valence electrons.